The third kappa shape index (κ3) is 2.47. The minimum Gasteiger partial charge on any atom is -0.454 e. The predicted molar refractivity (Wildman–Crippen MR) is 52.3 cm³/mol. The van der Waals surface area contributed by atoms with Crippen LogP contribution in [-0.4, -0.2) is 20.3 Å². The molecule has 13 heavy (non-hydrogen) atoms. The van der Waals surface area contributed by atoms with Crippen molar-refractivity contribution >= 4 is 11.8 Å². The second kappa shape index (κ2) is 4.50. The molecule has 1 aromatic rings. The van der Waals surface area contributed by atoms with Gasteiger partial charge in [-0.3, -0.25) is 0 Å². The van der Waals surface area contributed by atoms with Crippen LogP contribution in [0.3, 0.4) is 0 Å². The van der Waals surface area contributed by atoms with Crippen LogP contribution in [0.4, 0.5) is 5.69 Å². The smallest absolute Gasteiger partial charge is 0.388 e. The van der Waals surface area contributed by atoms with E-state index in [1.807, 2.05) is 31.2 Å². The zero-order chi connectivity index (χ0) is 9.68. The molecule has 0 aromatic heterocycles. The molecule has 0 aliphatic carbocycles. The highest BCUT2D eigenvalue weighted by Gasteiger charge is 1.98. The van der Waals surface area contributed by atoms with Gasteiger partial charge in [0.1, 0.15) is 0 Å². The highest BCUT2D eigenvalue weighted by molar-refractivity contribution is 5.71. The standard InChI is InChI=1S/C10H13NO2/c1-8-6-4-5-7-9(8)11-10(12-2)13-3/h4-7H,1-3H3. The fourth-order valence-corrected chi connectivity index (χ4v) is 0.962. The van der Waals surface area contributed by atoms with E-state index >= 15 is 0 Å². The van der Waals surface area contributed by atoms with Crippen LogP contribution < -0.4 is 0 Å². The van der Waals surface area contributed by atoms with Gasteiger partial charge in [-0.15, -0.1) is 0 Å². The molecule has 0 aliphatic rings. The summed E-state index contributed by atoms with van der Waals surface area (Å²) in [6.07, 6.45) is 0.273. The van der Waals surface area contributed by atoms with Gasteiger partial charge in [-0.2, -0.15) is 4.99 Å². The summed E-state index contributed by atoms with van der Waals surface area (Å²) in [6, 6.07) is 7.79. The fraction of sp³-hybridized carbons (Fsp3) is 0.300. The lowest BCUT2D eigenvalue weighted by molar-refractivity contribution is 0.243. The number of hydrogen-bond acceptors (Lipinski definition) is 3. The number of hydrogen-bond donors (Lipinski definition) is 0. The molecule has 3 heteroatoms. The van der Waals surface area contributed by atoms with Gasteiger partial charge in [-0.1, -0.05) is 18.2 Å². The van der Waals surface area contributed by atoms with E-state index in [0.29, 0.717) is 0 Å². The Morgan fingerprint density at radius 2 is 1.77 bits per heavy atom. The van der Waals surface area contributed by atoms with E-state index in [0.717, 1.165) is 11.3 Å². The molecule has 3 nitrogen and oxygen atoms in total. The van der Waals surface area contributed by atoms with E-state index in [-0.39, 0.29) is 6.08 Å². The summed E-state index contributed by atoms with van der Waals surface area (Å²) in [5.41, 5.74) is 1.95. The number of nitrogens with zero attached hydrogens (tertiary/aromatic N) is 1. The number of aliphatic imine (C=N–C) groups is 1. The molecule has 0 saturated carbocycles. The molecule has 0 atom stereocenters. The van der Waals surface area contributed by atoms with Crippen molar-refractivity contribution in [2.45, 2.75) is 6.92 Å². The fourth-order valence-electron chi connectivity index (χ4n) is 0.962. The molecular formula is C10H13NO2. The Bertz CT molecular complexity index is 302. The molecule has 0 radical (unpaired) electrons. The van der Waals surface area contributed by atoms with Crippen LogP contribution in [0.2, 0.25) is 0 Å². The van der Waals surface area contributed by atoms with Crippen molar-refractivity contribution in [2.24, 2.45) is 4.99 Å². The summed E-state index contributed by atoms with van der Waals surface area (Å²) in [4.78, 5) is 4.17. The van der Waals surface area contributed by atoms with Crippen LogP contribution in [0.25, 0.3) is 0 Å². The van der Waals surface area contributed by atoms with Gasteiger partial charge < -0.3 is 9.47 Å². The minimum atomic E-state index is 0.273. The van der Waals surface area contributed by atoms with Gasteiger partial charge in [-0.05, 0) is 18.6 Å². The Labute approximate surface area is 78.0 Å². The van der Waals surface area contributed by atoms with Gasteiger partial charge >= 0.3 is 6.08 Å². The van der Waals surface area contributed by atoms with Gasteiger partial charge in [0, 0.05) is 0 Å². The van der Waals surface area contributed by atoms with Crippen LogP contribution in [-0.2, 0) is 9.47 Å². The number of benzene rings is 1. The molecule has 1 aromatic carbocycles. The summed E-state index contributed by atoms with van der Waals surface area (Å²) in [7, 11) is 3.06. The Balaban J connectivity index is 2.95. The zero-order valence-electron chi connectivity index (χ0n) is 8.07. The molecular weight excluding hydrogens is 166 g/mol. The summed E-state index contributed by atoms with van der Waals surface area (Å²) < 4.78 is 9.77. The van der Waals surface area contributed by atoms with Crippen molar-refractivity contribution < 1.29 is 9.47 Å². The highest BCUT2D eigenvalue weighted by Crippen LogP contribution is 2.17. The van der Waals surface area contributed by atoms with Crippen molar-refractivity contribution in [3.8, 4) is 0 Å². The maximum absolute atomic E-state index is 4.89. The second-order valence-corrected chi connectivity index (χ2v) is 2.57. The third-order valence-corrected chi connectivity index (χ3v) is 1.68. The van der Waals surface area contributed by atoms with Gasteiger partial charge in [0.2, 0.25) is 0 Å². The van der Waals surface area contributed by atoms with Crippen LogP contribution in [0, 0.1) is 6.92 Å². The molecule has 0 N–H and O–H groups in total. The van der Waals surface area contributed by atoms with Crippen LogP contribution in [0.5, 0.6) is 0 Å². The first-order valence-electron chi connectivity index (χ1n) is 4.00. The summed E-state index contributed by atoms with van der Waals surface area (Å²) in [5.74, 6) is 0. The van der Waals surface area contributed by atoms with Crippen molar-refractivity contribution in [3.63, 3.8) is 0 Å². The third-order valence-electron chi connectivity index (χ3n) is 1.68. The average molecular weight is 179 g/mol. The molecule has 70 valence electrons. The Morgan fingerprint density at radius 3 is 2.31 bits per heavy atom. The normalized spacial score (nSPS) is 9.15. The molecule has 0 unspecified atom stereocenters. The highest BCUT2D eigenvalue weighted by atomic mass is 16.7. The molecule has 0 aliphatic heterocycles. The van der Waals surface area contributed by atoms with Crippen LogP contribution >= 0.6 is 0 Å². The Hall–Kier alpha value is -1.51. The maximum atomic E-state index is 4.89. The average Bonchev–Trinajstić information content (AvgIpc) is 2.17. The first-order chi connectivity index (χ1) is 6.27. The van der Waals surface area contributed by atoms with Gasteiger partial charge in [-0.25, -0.2) is 0 Å². The largest absolute Gasteiger partial charge is 0.454 e. The number of aryl methyl sites for hydroxylation is 1. The SMILES string of the molecule is COC(=Nc1ccccc1C)OC. The van der Waals surface area contributed by atoms with E-state index in [1.165, 1.54) is 14.2 Å². The van der Waals surface area contributed by atoms with Gasteiger partial charge in [0.25, 0.3) is 0 Å². The topological polar surface area (TPSA) is 30.8 Å². The van der Waals surface area contributed by atoms with E-state index < -0.39 is 0 Å². The maximum Gasteiger partial charge on any atom is 0.388 e. The van der Waals surface area contributed by atoms with Gasteiger partial charge in [0.15, 0.2) is 0 Å². The molecule has 0 bridgehead atoms. The lowest BCUT2D eigenvalue weighted by Gasteiger charge is -2.03. The van der Waals surface area contributed by atoms with Crippen molar-refractivity contribution in [3.05, 3.63) is 29.8 Å². The molecule has 0 amide bonds. The Kier molecular flexibility index (Phi) is 3.31. The number of para-hydroxylation sites is 1. The van der Waals surface area contributed by atoms with Crippen molar-refractivity contribution in [1.29, 1.82) is 0 Å². The van der Waals surface area contributed by atoms with Crippen LogP contribution in [0.15, 0.2) is 29.3 Å². The first-order valence-corrected chi connectivity index (χ1v) is 4.00. The summed E-state index contributed by atoms with van der Waals surface area (Å²) >= 11 is 0. The second-order valence-electron chi connectivity index (χ2n) is 2.57. The van der Waals surface area contributed by atoms with E-state index in [9.17, 15) is 0 Å². The monoisotopic (exact) mass is 179 g/mol. The minimum absolute atomic E-state index is 0.273. The summed E-state index contributed by atoms with van der Waals surface area (Å²) in [5, 5.41) is 0. The number of rotatable bonds is 1. The molecule has 1 rings (SSSR count). The first kappa shape index (κ1) is 9.58. The zero-order valence-corrected chi connectivity index (χ0v) is 8.07. The lowest BCUT2D eigenvalue weighted by Crippen LogP contribution is -2.02. The van der Waals surface area contributed by atoms with E-state index in [4.69, 9.17) is 9.47 Å². The van der Waals surface area contributed by atoms with Gasteiger partial charge in [0.05, 0.1) is 19.9 Å². The number of methoxy groups -OCH3 is 2. The van der Waals surface area contributed by atoms with Crippen molar-refractivity contribution in [1.82, 2.24) is 0 Å². The van der Waals surface area contributed by atoms with E-state index in [2.05, 4.69) is 4.99 Å². The summed E-state index contributed by atoms with van der Waals surface area (Å²) in [6.45, 7) is 1.99. The van der Waals surface area contributed by atoms with Crippen LogP contribution in [0.1, 0.15) is 5.56 Å². The number of ether oxygens (including phenoxy) is 2. The molecule has 0 fully saturated rings. The Morgan fingerprint density at radius 1 is 1.15 bits per heavy atom. The molecule has 0 saturated heterocycles. The molecule has 0 heterocycles. The predicted octanol–water partition coefficient (Wildman–Crippen LogP) is 2.28. The van der Waals surface area contributed by atoms with Crippen molar-refractivity contribution in [2.75, 3.05) is 14.2 Å². The van der Waals surface area contributed by atoms with E-state index in [1.54, 1.807) is 0 Å². The molecule has 0 spiro atoms. The quantitative estimate of drug-likeness (QED) is 0.489. The lowest BCUT2D eigenvalue weighted by atomic mass is 10.2.